The number of ether oxygens (including phenoxy) is 2. The number of fused-ring (bicyclic) bond motifs is 1. The molecule has 5 rings (SSSR count). The van der Waals surface area contributed by atoms with Crippen LogP contribution in [0.15, 0.2) is 42.6 Å². The molecule has 7 nitrogen and oxygen atoms in total. The highest BCUT2D eigenvalue weighted by Crippen LogP contribution is 2.38. The Bertz CT molecular complexity index is 1300. The maximum atomic E-state index is 14.9. The second-order valence-corrected chi connectivity index (χ2v) is 8.31. The van der Waals surface area contributed by atoms with Crippen molar-refractivity contribution in [2.24, 2.45) is 0 Å². The van der Waals surface area contributed by atoms with E-state index < -0.39 is 11.6 Å². The molecule has 9 heteroatoms. The summed E-state index contributed by atoms with van der Waals surface area (Å²) in [4.78, 5) is 9.03. The van der Waals surface area contributed by atoms with E-state index in [9.17, 15) is 8.78 Å². The summed E-state index contributed by atoms with van der Waals surface area (Å²) in [6.45, 7) is 4.08. The van der Waals surface area contributed by atoms with Crippen LogP contribution in [-0.4, -0.2) is 67.5 Å². The van der Waals surface area contributed by atoms with Crippen molar-refractivity contribution >= 4 is 16.6 Å². The van der Waals surface area contributed by atoms with Gasteiger partial charge in [0.05, 0.1) is 31.0 Å². The minimum atomic E-state index is -0.841. The van der Waals surface area contributed by atoms with Gasteiger partial charge < -0.3 is 19.3 Å². The summed E-state index contributed by atoms with van der Waals surface area (Å²) >= 11 is 0. The number of pyridine rings is 1. The van der Waals surface area contributed by atoms with Crippen molar-refractivity contribution in [1.29, 1.82) is 0 Å². The summed E-state index contributed by atoms with van der Waals surface area (Å²) in [7, 11) is 4.76. The molecular formula is C25H25F2N5O2. The number of H-pyrrole nitrogens is 1. The van der Waals surface area contributed by atoms with Crippen LogP contribution in [0.5, 0.6) is 11.5 Å². The second-order valence-electron chi connectivity index (χ2n) is 8.31. The molecule has 0 atom stereocenters. The van der Waals surface area contributed by atoms with E-state index in [-0.39, 0.29) is 22.8 Å². The number of nitrogens with one attached hydrogen (secondary N) is 1. The molecule has 1 fully saturated rings. The van der Waals surface area contributed by atoms with Gasteiger partial charge in [-0.3, -0.25) is 10.1 Å². The van der Waals surface area contributed by atoms with Gasteiger partial charge in [0.25, 0.3) is 0 Å². The molecule has 34 heavy (non-hydrogen) atoms. The zero-order chi connectivity index (χ0) is 23.8. The summed E-state index contributed by atoms with van der Waals surface area (Å²) in [5.74, 6) is -1.93. The Labute approximate surface area is 195 Å². The summed E-state index contributed by atoms with van der Waals surface area (Å²) in [6, 6.07) is 11.0. The fraction of sp³-hybridized carbons (Fsp3) is 0.280. The standard InChI is InChI=1S/C25H25F2N5O2/c1-31-8-10-32(11-9-31)16-6-4-15(5-7-16)25-17-14-28-19(12-18(17)29-30-25)22-23(26)20(33-2)13-21(34-3)24(22)27/h4-7,12-14H,8-11H2,1-3H3,(H,29,30). The van der Waals surface area contributed by atoms with Crippen LogP contribution in [0.1, 0.15) is 0 Å². The maximum Gasteiger partial charge on any atom is 0.177 e. The number of likely N-dealkylation sites (N-methyl/N-ethyl adjacent to an activating group) is 1. The molecule has 0 spiro atoms. The van der Waals surface area contributed by atoms with E-state index in [0.717, 1.165) is 42.8 Å². The second kappa shape index (κ2) is 8.90. The Kier molecular flexibility index (Phi) is 5.79. The van der Waals surface area contributed by atoms with Crippen molar-refractivity contribution in [3.05, 3.63) is 54.2 Å². The molecule has 2 aromatic carbocycles. The smallest absolute Gasteiger partial charge is 0.177 e. The first-order chi connectivity index (χ1) is 16.5. The lowest BCUT2D eigenvalue weighted by molar-refractivity contribution is 0.313. The van der Waals surface area contributed by atoms with E-state index in [0.29, 0.717) is 5.52 Å². The Balaban J connectivity index is 1.49. The molecule has 2 aromatic heterocycles. The number of rotatable bonds is 5. The Morgan fingerprint density at radius 2 is 1.56 bits per heavy atom. The van der Waals surface area contributed by atoms with E-state index in [4.69, 9.17) is 9.47 Å². The number of aromatic nitrogens is 3. The van der Waals surface area contributed by atoms with Gasteiger partial charge in [0.1, 0.15) is 5.69 Å². The minimum absolute atomic E-state index is 0.111. The molecule has 0 bridgehead atoms. The van der Waals surface area contributed by atoms with E-state index in [2.05, 4.69) is 44.2 Å². The molecule has 176 valence electrons. The monoisotopic (exact) mass is 465 g/mol. The van der Waals surface area contributed by atoms with Gasteiger partial charge in [0.2, 0.25) is 0 Å². The van der Waals surface area contributed by atoms with Crippen LogP contribution >= 0.6 is 0 Å². The molecule has 0 saturated carbocycles. The van der Waals surface area contributed by atoms with Gasteiger partial charge in [-0.1, -0.05) is 12.1 Å². The SMILES string of the molecule is COc1cc(OC)c(F)c(-c2cc3[nH]nc(-c4ccc(N5CCN(C)CC5)cc4)c3cn2)c1F. The highest BCUT2D eigenvalue weighted by molar-refractivity contribution is 5.94. The van der Waals surface area contributed by atoms with Crippen molar-refractivity contribution in [3.8, 4) is 34.0 Å². The molecule has 3 heterocycles. The van der Waals surface area contributed by atoms with Crippen LogP contribution in [-0.2, 0) is 0 Å². The van der Waals surface area contributed by atoms with E-state index >= 15 is 0 Å². The number of halogens is 2. The molecule has 4 aromatic rings. The van der Waals surface area contributed by atoms with E-state index in [1.54, 1.807) is 12.3 Å². The lowest BCUT2D eigenvalue weighted by atomic mass is 10.1. The summed E-state index contributed by atoms with van der Waals surface area (Å²) in [5, 5.41) is 8.16. The van der Waals surface area contributed by atoms with Crippen LogP contribution in [0.2, 0.25) is 0 Å². The molecule has 1 saturated heterocycles. The van der Waals surface area contributed by atoms with Gasteiger partial charge in [-0.05, 0) is 25.2 Å². The number of methoxy groups -OCH3 is 2. The molecule has 0 radical (unpaired) electrons. The Morgan fingerprint density at radius 3 is 2.18 bits per heavy atom. The number of nitrogens with zero attached hydrogens (tertiary/aromatic N) is 4. The van der Waals surface area contributed by atoms with Gasteiger partial charge in [0.15, 0.2) is 23.1 Å². The van der Waals surface area contributed by atoms with Crippen LogP contribution in [0.4, 0.5) is 14.5 Å². The van der Waals surface area contributed by atoms with E-state index in [1.165, 1.54) is 26.0 Å². The highest BCUT2D eigenvalue weighted by Gasteiger charge is 2.23. The average Bonchev–Trinajstić information content (AvgIpc) is 3.28. The first kappa shape index (κ1) is 22.1. The van der Waals surface area contributed by atoms with E-state index in [1.807, 2.05) is 12.1 Å². The predicted octanol–water partition coefficient (Wildman–Crippen LogP) is 4.34. The number of hydrogen-bond acceptors (Lipinski definition) is 6. The third-order valence-electron chi connectivity index (χ3n) is 6.29. The van der Waals surface area contributed by atoms with Gasteiger partial charge >= 0.3 is 0 Å². The minimum Gasteiger partial charge on any atom is -0.494 e. The number of hydrogen-bond donors (Lipinski definition) is 1. The molecule has 0 aliphatic carbocycles. The van der Waals surface area contributed by atoms with Crippen molar-refractivity contribution < 1.29 is 18.3 Å². The van der Waals surface area contributed by atoms with Gasteiger partial charge in [0, 0.05) is 55.1 Å². The molecule has 1 aliphatic rings. The molecule has 1 N–H and O–H groups in total. The van der Waals surface area contributed by atoms with Crippen molar-refractivity contribution in [2.75, 3.05) is 52.3 Å². The first-order valence-corrected chi connectivity index (χ1v) is 11.0. The lowest BCUT2D eigenvalue weighted by Gasteiger charge is -2.34. The Morgan fingerprint density at radius 1 is 0.912 bits per heavy atom. The van der Waals surface area contributed by atoms with Crippen LogP contribution in [0, 0.1) is 11.6 Å². The fourth-order valence-corrected chi connectivity index (χ4v) is 4.27. The molecule has 0 unspecified atom stereocenters. The summed E-state index contributed by atoms with van der Waals surface area (Å²) in [5.41, 5.74) is 3.24. The van der Waals surface area contributed by atoms with Crippen molar-refractivity contribution in [1.82, 2.24) is 20.1 Å². The van der Waals surface area contributed by atoms with Gasteiger partial charge in [-0.25, -0.2) is 8.78 Å². The zero-order valence-corrected chi connectivity index (χ0v) is 19.2. The summed E-state index contributed by atoms with van der Waals surface area (Å²) < 4.78 is 39.9. The number of aromatic amines is 1. The lowest BCUT2D eigenvalue weighted by Crippen LogP contribution is -2.44. The predicted molar refractivity (Wildman–Crippen MR) is 127 cm³/mol. The van der Waals surface area contributed by atoms with Crippen LogP contribution in [0.25, 0.3) is 33.4 Å². The third kappa shape index (κ3) is 3.81. The quantitative estimate of drug-likeness (QED) is 0.473. The molecule has 0 amide bonds. The topological polar surface area (TPSA) is 66.5 Å². The molecular weight excluding hydrogens is 440 g/mol. The molecule has 1 aliphatic heterocycles. The van der Waals surface area contributed by atoms with Crippen molar-refractivity contribution in [2.45, 2.75) is 0 Å². The van der Waals surface area contributed by atoms with Gasteiger partial charge in [-0.2, -0.15) is 5.10 Å². The number of anilines is 1. The third-order valence-corrected chi connectivity index (χ3v) is 6.29. The number of benzene rings is 2. The average molecular weight is 466 g/mol. The fourth-order valence-electron chi connectivity index (χ4n) is 4.27. The zero-order valence-electron chi connectivity index (χ0n) is 19.2. The maximum absolute atomic E-state index is 14.9. The van der Waals surface area contributed by atoms with Crippen molar-refractivity contribution in [3.63, 3.8) is 0 Å². The summed E-state index contributed by atoms with van der Waals surface area (Å²) in [6.07, 6.45) is 1.57. The Hall–Kier alpha value is -3.72. The van der Waals surface area contributed by atoms with Crippen LogP contribution < -0.4 is 14.4 Å². The van der Waals surface area contributed by atoms with Crippen LogP contribution in [0.3, 0.4) is 0 Å². The number of piperazine rings is 1. The largest absolute Gasteiger partial charge is 0.494 e. The normalized spacial score (nSPS) is 14.6. The first-order valence-electron chi connectivity index (χ1n) is 11.0. The highest BCUT2D eigenvalue weighted by atomic mass is 19.1. The van der Waals surface area contributed by atoms with Gasteiger partial charge in [-0.15, -0.1) is 0 Å².